The Morgan fingerprint density at radius 1 is 1.10 bits per heavy atom. The Balaban J connectivity index is 1.62. The summed E-state index contributed by atoms with van der Waals surface area (Å²) in [7, 11) is 3.85. The molecule has 3 rings (SSSR count). The first kappa shape index (κ1) is 20.1. The molecule has 0 saturated heterocycles. The highest BCUT2D eigenvalue weighted by Crippen LogP contribution is 2.16. The van der Waals surface area contributed by atoms with Crippen molar-refractivity contribution in [2.24, 2.45) is 0 Å². The minimum absolute atomic E-state index is 0.160. The van der Waals surface area contributed by atoms with Gasteiger partial charge in [-0.25, -0.2) is 5.10 Å². The lowest BCUT2D eigenvalue weighted by Gasteiger charge is -2.15. The van der Waals surface area contributed by atoms with Crippen molar-refractivity contribution >= 4 is 34.0 Å². The molecular weight excluding hydrogens is 372 g/mol. The second kappa shape index (κ2) is 8.55. The Morgan fingerprint density at radius 3 is 2.41 bits per heavy atom. The van der Waals surface area contributed by atoms with Crippen LogP contribution in [0, 0.1) is 0 Å². The largest absolute Gasteiger partial charge is 0.452 e. The number of fused-ring (bicyclic) bond motifs is 1. The van der Waals surface area contributed by atoms with Gasteiger partial charge >= 0.3 is 5.97 Å². The van der Waals surface area contributed by atoms with Gasteiger partial charge in [0.1, 0.15) is 0 Å². The highest BCUT2D eigenvalue weighted by Gasteiger charge is 2.19. The number of rotatable bonds is 6. The summed E-state index contributed by atoms with van der Waals surface area (Å²) in [5.41, 5.74) is 1.67. The van der Waals surface area contributed by atoms with Gasteiger partial charge in [0.2, 0.25) is 0 Å². The third kappa shape index (κ3) is 4.78. The Kier molecular flexibility index (Phi) is 5.92. The molecular formula is C21H22N4O4. The minimum atomic E-state index is -0.981. The lowest BCUT2D eigenvalue weighted by Crippen LogP contribution is -2.30. The molecule has 1 aromatic heterocycles. The number of carbonyl (C=O) groups excluding carboxylic acids is 2. The minimum Gasteiger partial charge on any atom is -0.452 e. The lowest BCUT2D eigenvalue weighted by molar-refractivity contribution is -0.152. The molecule has 0 saturated carbocycles. The van der Waals surface area contributed by atoms with Gasteiger partial charge in [0, 0.05) is 30.9 Å². The number of nitrogens with one attached hydrogen (secondary N) is 2. The number of hydrogen-bond donors (Lipinski definition) is 2. The van der Waals surface area contributed by atoms with E-state index in [0.717, 1.165) is 5.69 Å². The number of hydrogen-bond acceptors (Lipinski definition) is 6. The third-order valence-electron chi connectivity index (χ3n) is 4.42. The average molecular weight is 394 g/mol. The van der Waals surface area contributed by atoms with E-state index in [0.29, 0.717) is 22.2 Å². The van der Waals surface area contributed by atoms with Gasteiger partial charge in [-0.1, -0.05) is 18.2 Å². The van der Waals surface area contributed by atoms with E-state index in [1.54, 1.807) is 36.4 Å². The zero-order chi connectivity index (χ0) is 21.0. The molecule has 0 unspecified atom stereocenters. The fourth-order valence-corrected chi connectivity index (χ4v) is 2.82. The number of H-pyrrole nitrogens is 1. The molecule has 0 fully saturated rings. The summed E-state index contributed by atoms with van der Waals surface area (Å²) >= 11 is 0. The Morgan fingerprint density at radius 2 is 1.76 bits per heavy atom. The van der Waals surface area contributed by atoms with E-state index in [2.05, 4.69) is 15.5 Å². The highest BCUT2D eigenvalue weighted by atomic mass is 16.5. The maximum atomic E-state index is 12.3. The summed E-state index contributed by atoms with van der Waals surface area (Å²) in [4.78, 5) is 38.4. The van der Waals surface area contributed by atoms with E-state index in [4.69, 9.17) is 4.74 Å². The van der Waals surface area contributed by atoms with Crippen LogP contribution in [0.5, 0.6) is 0 Å². The van der Waals surface area contributed by atoms with Gasteiger partial charge in [-0.3, -0.25) is 14.4 Å². The molecule has 0 bridgehead atoms. The number of benzene rings is 2. The van der Waals surface area contributed by atoms with Gasteiger partial charge in [0.25, 0.3) is 11.5 Å². The number of esters is 1. The number of anilines is 2. The fourth-order valence-electron chi connectivity index (χ4n) is 2.82. The molecule has 0 aliphatic carbocycles. The van der Waals surface area contributed by atoms with Crippen molar-refractivity contribution in [1.29, 1.82) is 0 Å². The Hall–Kier alpha value is -3.68. The zero-order valence-corrected chi connectivity index (χ0v) is 16.4. The summed E-state index contributed by atoms with van der Waals surface area (Å²) in [6.45, 7) is 1.50. The van der Waals surface area contributed by atoms with Gasteiger partial charge in [-0.15, -0.1) is 0 Å². The molecule has 2 N–H and O–H groups in total. The van der Waals surface area contributed by atoms with Crippen LogP contribution < -0.4 is 15.8 Å². The van der Waals surface area contributed by atoms with Crippen LogP contribution in [0.4, 0.5) is 11.4 Å². The van der Waals surface area contributed by atoms with Crippen LogP contribution in [-0.4, -0.2) is 42.3 Å². The monoisotopic (exact) mass is 394 g/mol. The van der Waals surface area contributed by atoms with E-state index < -0.39 is 18.0 Å². The van der Waals surface area contributed by atoms with E-state index in [1.807, 2.05) is 31.1 Å². The summed E-state index contributed by atoms with van der Waals surface area (Å²) in [6, 6.07) is 14.2. The number of aromatic amines is 1. The second-order valence-corrected chi connectivity index (χ2v) is 6.78. The predicted octanol–water partition coefficient (Wildman–Crippen LogP) is 2.10. The molecule has 0 aliphatic heterocycles. The Bertz CT molecular complexity index is 1090. The first-order valence-electron chi connectivity index (χ1n) is 9.09. The SMILES string of the molecule is C[C@@H](OC(=O)Cc1n[nH]c(=O)c2ccccc12)C(=O)Nc1ccc(N(C)C)cc1. The highest BCUT2D eigenvalue weighted by molar-refractivity contribution is 5.95. The smallest absolute Gasteiger partial charge is 0.312 e. The predicted molar refractivity (Wildman–Crippen MR) is 111 cm³/mol. The maximum absolute atomic E-state index is 12.3. The maximum Gasteiger partial charge on any atom is 0.312 e. The van der Waals surface area contributed by atoms with E-state index in [1.165, 1.54) is 6.92 Å². The fraction of sp³-hybridized carbons (Fsp3) is 0.238. The first-order valence-corrected chi connectivity index (χ1v) is 9.09. The number of ether oxygens (including phenoxy) is 1. The molecule has 1 atom stereocenters. The van der Waals surface area contributed by atoms with Crippen molar-refractivity contribution in [2.45, 2.75) is 19.4 Å². The van der Waals surface area contributed by atoms with Crippen LogP contribution in [0.3, 0.4) is 0 Å². The molecule has 8 heteroatoms. The summed E-state index contributed by atoms with van der Waals surface area (Å²) in [5, 5.41) is 10.1. The molecule has 1 amide bonds. The van der Waals surface area contributed by atoms with Crippen LogP contribution in [0.1, 0.15) is 12.6 Å². The van der Waals surface area contributed by atoms with Gasteiger partial charge in [-0.05, 0) is 37.3 Å². The van der Waals surface area contributed by atoms with Crippen LogP contribution in [0.15, 0.2) is 53.3 Å². The lowest BCUT2D eigenvalue weighted by atomic mass is 10.1. The summed E-state index contributed by atoms with van der Waals surface area (Å²) < 4.78 is 5.24. The van der Waals surface area contributed by atoms with Crippen LogP contribution in [0.25, 0.3) is 10.8 Å². The molecule has 8 nitrogen and oxygen atoms in total. The average Bonchev–Trinajstić information content (AvgIpc) is 2.70. The zero-order valence-electron chi connectivity index (χ0n) is 16.4. The molecule has 150 valence electrons. The van der Waals surface area contributed by atoms with Gasteiger partial charge in [-0.2, -0.15) is 5.10 Å². The van der Waals surface area contributed by atoms with Crippen molar-refractivity contribution in [3.63, 3.8) is 0 Å². The normalized spacial score (nSPS) is 11.7. The van der Waals surface area contributed by atoms with Crippen molar-refractivity contribution in [3.8, 4) is 0 Å². The second-order valence-electron chi connectivity index (χ2n) is 6.78. The summed E-state index contributed by atoms with van der Waals surface area (Å²) in [5.74, 6) is -1.05. The Labute approximate surface area is 167 Å². The molecule has 1 heterocycles. The molecule has 0 radical (unpaired) electrons. The van der Waals surface area contributed by atoms with Crippen LogP contribution in [-0.2, 0) is 20.7 Å². The van der Waals surface area contributed by atoms with E-state index in [9.17, 15) is 14.4 Å². The van der Waals surface area contributed by atoms with Gasteiger partial charge in [0.05, 0.1) is 17.5 Å². The number of nitrogens with zero attached hydrogens (tertiary/aromatic N) is 2. The number of amides is 1. The molecule has 2 aromatic carbocycles. The molecule has 29 heavy (non-hydrogen) atoms. The number of aromatic nitrogens is 2. The van der Waals surface area contributed by atoms with Crippen LogP contribution in [0.2, 0.25) is 0 Å². The van der Waals surface area contributed by atoms with Crippen molar-refractivity contribution in [1.82, 2.24) is 10.2 Å². The molecule has 0 spiro atoms. The van der Waals surface area contributed by atoms with Crippen LogP contribution >= 0.6 is 0 Å². The van der Waals surface area contributed by atoms with Gasteiger partial charge in [0.15, 0.2) is 6.10 Å². The topological polar surface area (TPSA) is 104 Å². The van der Waals surface area contributed by atoms with Crippen molar-refractivity contribution < 1.29 is 14.3 Å². The van der Waals surface area contributed by atoms with Crippen molar-refractivity contribution in [3.05, 3.63) is 64.6 Å². The standard InChI is InChI=1S/C21H22N4O4/c1-13(20(27)22-14-8-10-15(11-9-14)25(2)3)29-19(26)12-18-16-6-4-5-7-17(16)21(28)24-23-18/h4-11,13H,12H2,1-3H3,(H,22,27)(H,24,28)/t13-/m1/s1. The summed E-state index contributed by atoms with van der Waals surface area (Å²) in [6.07, 6.45) is -1.14. The van der Waals surface area contributed by atoms with Gasteiger partial charge < -0.3 is 15.0 Å². The first-order chi connectivity index (χ1) is 13.8. The molecule has 0 aliphatic rings. The number of carbonyl (C=O) groups is 2. The quantitative estimate of drug-likeness (QED) is 0.621. The van der Waals surface area contributed by atoms with Crippen molar-refractivity contribution in [2.75, 3.05) is 24.3 Å². The van der Waals surface area contributed by atoms with E-state index in [-0.39, 0.29) is 12.0 Å². The third-order valence-corrected chi connectivity index (χ3v) is 4.42. The molecule has 3 aromatic rings. The van der Waals surface area contributed by atoms with E-state index >= 15 is 0 Å².